The molecule has 6 heteroatoms. The molecule has 3 rings (SSSR count). The fourth-order valence-corrected chi connectivity index (χ4v) is 6.45. The highest BCUT2D eigenvalue weighted by Gasteiger charge is 2.33. The lowest BCUT2D eigenvalue weighted by atomic mass is 10.0. The summed E-state index contributed by atoms with van der Waals surface area (Å²) in [6.07, 6.45) is 11.2. The largest absolute Gasteiger partial charge is 0.318 e. The lowest BCUT2D eigenvalue weighted by Gasteiger charge is -2.31. The van der Waals surface area contributed by atoms with Gasteiger partial charge in [0.1, 0.15) is 0 Å². The van der Waals surface area contributed by atoms with Crippen molar-refractivity contribution < 1.29 is 8.42 Å². The van der Waals surface area contributed by atoms with Gasteiger partial charge in [0.15, 0.2) is 0 Å². The van der Waals surface area contributed by atoms with E-state index in [0.717, 1.165) is 82.7 Å². The van der Waals surface area contributed by atoms with Crippen LogP contribution in [0, 0.1) is 5.92 Å². The third-order valence-corrected chi connectivity index (χ3v) is 8.19. The smallest absolute Gasteiger partial charge is 0.228 e. The maximum Gasteiger partial charge on any atom is 0.228 e. The number of rotatable bonds is 7. The van der Waals surface area contributed by atoms with Gasteiger partial charge in [0, 0.05) is 19.6 Å². The summed E-state index contributed by atoms with van der Waals surface area (Å²) >= 11 is 0. The number of hydrogen-bond acceptors (Lipinski definition) is 4. The number of piperidine rings is 1. The Kier molecular flexibility index (Phi) is 6.78. The van der Waals surface area contributed by atoms with Crippen LogP contribution in [0.1, 0.15) is 77.3 Å². The molecular weight excluding hydrogens is 346 g/mol. The molecule has 0 N–H and O–H groups in total. The van der Waals surface area contributed by atoms with Crippen LogP contribution in [-0.2, 0) is 22.9 Å². The average molecular weight is 382 g/mol. The van der Waals surface area contributed by atoms with Crippen molar-refractivity contribution in [1.82, 2.24) is 14.5 Å². The maximum absolute atomic E-state index is 13.2. The van der Waals surface area contributed by atoms with Crippen molar-refractivity contribution in [2.45, 2.75) is 95.1 Å². The molecule has 1 atom stereocenters. The van der Waals surface area contributed by atoms with Crippen molar-refractivity contribution in [1.29, 1.82) is 0 Å². The first kappa shape index (κ1) is 19.9. The molecule has 26 heavy (non-hydrogen) atoms. The van der Waals surface area contributed by atoms with Gasteiger partial charge in [0.05, 0.1) is 17.1 Å². The van der Waals surface area contributed by atoms with Gasteiger partial charge in [-0.05, 0) is 44.6 Å². The van der Waals surface area contributed by atoms with Crippen LogP contribution < -0.4 is 0 Å². The SMILES string of the molecule is CCCCn1c(CN2CCC[C@H](C)C2)cnc1S(=O)(=O)C1CCCCC1. The number of hydrogen-bond donors (Lipinski definition) is 0. The highest BCUT2D eigenvalue weighted by molar-refractivity contribution is 7.91. The van der Waals surface area contributed by atoms with Crippen molar-refractivity contribution in [3.05, 3.63) is 11.9 Å². The minimum atomic E-state index is -3.32. The van der Waals surface area contributed by atoms with Crippen LogP contribution >= 0.6 is 0 Å². The van der Waals surface area contributed by atoms with E-state index in [0.29, 0.717) is 5.16 Å². The first-order valence-corrected chi connectivity index (χ1v) is 12.1. The van der Waals surface area contributed by atoms with Crippen LogP contribution in [0.3, 0.4) is 0 Å². The van der Waals surface area contributed by atoms with Crippen LogP contribution in [-0.4, -0.2) is 41.2 Å². The highest BCUT2D eigenvalue weighted by Crippen LogP contribution is 2.29. The van der Waals surface area contributed by atoms with E-state index in [1.54, 1.807) is 0 Å². The zero-order chi connectivity index (χ0) is 18.6. The van der Waals surface area contributed by atoms with Crippen LogP contribution in [0.25, 0.3) is 0 Å². The summed E-state index contributed by atoms with van der Waals surface area (Å²) in [5.41, 5.74) is 1.07. The van der Waals surface area contributed by atoms with Crippen molar-refractivity contribution in [3.8, 4) is 0 Å². The normalized spacial score (nSPS) is 23.4. The molecule has 0 amide bonds. The van der Waals surface area contributed by atoms with Gasteiger partial charge in [-0.15, -0.1) is 0 Å². The number of unbranched alkanes of at least 4 members (excludes halogenated alkanes) is 1. The standard InChI is InChI=1S/C20H35N3O2S/c1-3-4-13-23-18(16-22-12-8-9-17(2)15-22)14-21-20(23)26(24,25)19-10-6-5-7-11-19/h14,17,19H,3-13,15-16H2,1-2H3/t17-/m0/s1. The number of likely N-dealkylation sites (tertiary alicyclic amines) is 1. The average Bonchev–Trinajstić information content (AvgIpc) is 3.04. The van der Waals surface area contributed by atoms with Gasteiger partial charge in [-0.1, -0.05) is 39.5 Å². The zero-order valence-corrected chi connectivity index (χ0v) is 17.3. The van der Waals surface area contributed by atoms with Gasteiger partial charge in [-0.3, -0.25) is 4.90 Å². The van der Waals surface area contributed by atoms with Gasteiger partial charge >= 0.3 is 0 Å². The second-order valence-corrected chi connectivity index (χ2v) is 10.4. The van der Waals surface area contributed by atoms with E-state index in [-0.39, 0.29) is 5.25 Å². The molecule has 148 valence electrons. The van der Waals surface area contributed by atoms with Crippen molar-refractivity contribution in [2.75, 3.05) is 13.1 Å². The topological polar surface area (TPSA) is 55.2 Å². The molecule has 0 unspecified atom stereocenters. The highest BCUT2D eigenvalue weighted by atomic mass is 32.2. The van der Waals surface area contributed by atoms with E-state index in [2.05, 4.69) is 23.7 Å². The van der Waals surface area contributed by atoms with E-state index in [4.69, 9.17) is 0 Å². The summed E-state index contributed by atoms with van der Waals surface area (Å²) in [5.74, 6) is 0.723. The van der Waals surface area contributed by atoms with E-state index >= 15 is 0 Å². The molecule has 0 spiro atoms. The van der Waals surface area contributed by atoms with E-state index in [1.807, 2.05) is 10.8 Å². The van der Waals surface area contributed by atoms with Crippen molar-refractivity contribution in [3.63, 3.8) is 0 Å². The summed E-state index contributed by atoms with van der Waals surface area (Å²) in [7, 11) is -3.32. The summed E-state index contributed by atoms with van der Waals surface area (Å²) in [6.45, 7) is 8.24. The quantitative estimate of drug-likeness (QED) is 0.716. The van der Waals surface area contributed by atoms with Gasteiger partial charge in [-0.2, -0.15) is 0 Å². The molecule has 0 bridgehead atoms. The lowest BCUT2D eigenvalue weighted by molar-refractivity contribution is 0.172. The lowest BCUT2D eigenvalue weighted by Crippen LogP contribution is -2.34. The predicted molar refractivity (Wildman–Crippen MR) is 105 cm³/mol. The Bertz CT molecular complexity index is 677. The Morgan fingerprint density at radius 2 is 1.92 bits per heavy atom. The third-order valence-electron chi connectivity index (χ3n) is 6.01. The summed E-state index contributed by atoms with van der Waals surface area (Å²) in [5, 5.41) is 0.0970. The monoisotopic (exact) mass is 381 g/mol. The molecule has 1 aromatic heterocycles. The third kappa shape index (κ3) is 4.50. The number of sulfone groups is 1. The molecule has 1 aromatic rings. The van der Waals surface area contributed by atoms with Crippen molar-refractivity contribution in [2.24, 2.45) is 5.92 Å². The first-order chi connectivity index (χ1) is 12.5. The van der Waals surface area contributed by atoms with Crippen LogP contribution in [0.5, 0.6) is 0 Å². The minimum Gasteiger partial charge on any atom is -0.318 e. The minimum absolute atomic E-state index is 0.234. The fraction of sp³-hybridized carbons (Fsp3) is 0.850. The number of imidazole rings is 1. The number of aromatic nitrogens is 2. The van der Waals surface area contributed by atoms with E-state index in [1.165, 1.54) is 12.8 Å². The first-order valence-electron chi connectivity index (χ1n) is 10.5. The molecule has 2 heterocycles. The Hall–Kier alpha value is -0.880. The predicted octanol–water partition coefficient (Wildman–Crippen LogP) is 4.02. The molecule has 5 nitrogen and oxygen atoms in total. The van der Waals surface area contributed by atoms with E-state index in [9.17, 15) is 8.42 Å². The molecule has 1 saturated carbocycles. The molecule has 1 aliphatic carbocycles. The van der Waals surface area contributed by atoms with Crippen molar-refractivity contribution >= 4 is 9.84 Å². The summed E-state index contributed by atoms with van der Waals surface area (Å²) in [4.78, 5) is 6.91. The Labute approximate surface area is 159 Å². The van der Waals surface area contributed by atoms with Crippen LogP contribution in [0.4, 0.5) is 0 Å². The maximum atomic E-state index is 13.2. The summed E-state index contributed by atoms with van der Waals surface area (Å²) < 4.78 is 28.5. The Balaban J connectivity index is 1.84. The van der Waals surface area contributed by atoms with Crippen LogP contribution in [0.15, 0.2) is 11.4 Å². The molecule has 1 saturated heterocycles. The van der Waals surface area contributed by atoms with Gasteiger partial charge in [0.25, 0.3) is 0 Å². The Morgan fingerprint density at radius 1 is 1.15 bits per heavy atom. The second kappa shape index (κ2) is 8.87. The Morgan fingerprint density at radius 3 is 2.62 bits per heavy atom. The van der Waals surface area contributed by atoms with Gasteiger partial charge in [0.2, 0.25) is 15.0 Å². The van der Waals surface area contributed by atoms with Gasteiger partial charge in [-0.25, -0.2) is 13.4 Å². The summed E-state index contributed by atoms with van der Waals surface area (Å²) in [6, 6.07) is 0. The van der Waals surface area contributed by atoms with Crippen LogP contribution in [0.2, 0.25) is 0 Å². The molecule has 2 aliphatic rings. The molecule has 1 aliphatic heterocycles. The number of nitrogens with zero attached hydrogens (tertiary/aromatic N) is 3. The fourth-order valence-electron chi connectivity index (χ4n) is 4.48. The molecular formula is C20H35N3O2S. The van der Waals surface area contributed by atoms with E-state index < -0.39 is 9.84 Å². The second-order valence-electron chi connectivity index (χ2n) is 8.32. The molecule has 2 fully saturated rings. The van der Waals surface area contributed by atoms with Gasteiger partial charge < -0.3 is 4.57 Å². The molecule has 0 aromatic carbocycles. The molecule has 0 radical (unpaired) electrons. The zero-order valence-electron chi connectivity index (χ0n) is 16.5.